The van der Waals surface area contributed by atoms with Crippen LogP contribution in [0.3, 0.4) is 0 Å². The van der Waals surface area contributed by atoms with Crippen molar-refractivity contribution in [1.82, 2.24) is 5.32 Å². The van der Waals surface area contributed by atoms with Crippen LogP contribution >= 0.6 is 0 Å². The molecule has 6 heteroatoms. The second-order valence-corrected chi connectivity index (χ2v) is 17.1. The highest BCUT2D eigenvalue weighted by Crippen LogP contribution is 2.16. The molecule has 0 saturated heterocycles. The Morgan fingerprint density at radius 1 is 0.491 bits per heavy atom. The molecule has 0 aliphatic heterocycles. The van der Waals surface area contributed by atoms with Crippen molar-refractivity contribution in [3.8, 4) is 0 Å². The fraction of sp³-hybridized carbons (Fsp3) is 0.882. The zero-order valence-corrected chi connectivity index (χ0v) is 38.1. The minimum absolute atomic E-state index is 0.0105. The number of unbranched alkanes of at least 4 members (excludes halogenated alkanes) is 31. The quantitative estimate of drug-likeness (QED) is 0.0324. The van der Waals surface area contributed by atoms with Crippen LogP contribution in [0.1, 0.15) is 264 Å². The highest BCUT2D eigenvalue weighted by molar-refractivity contribution is 5.76. The minimum atomic E-state index is -0.666. The molecule has 0 aliphatic carbocycles. The molecule has 336 valence electrons. The number of carbonyl (C=O) groups excluding carboxylic acids is 2. The van der Waals surface area contributed by atoms with Gasteiger partial charge in [-0.3, -0.25) is 9.59 Å². The summed E-state index contributed by atoms with van der Waals surface area (Å²) >= 11 is 0. The molecule has 0 aromatic rings. The molecule has 0 radical (unpaired) electrons. The van der Waals surface area contributed by atoms with Crippen LogP contribution in [0.15, 0.2) is 24.3 Å². The normalized spacial score (nSPS) is 12.8. The number of amides is 1. The Kier molecular flexibility index (Phi) is 45.7. The predicted molar refractivity (Wildman–Crippen MR) is 246 cm³/mol. The zero-order valence-electron chi connectivity index (χ0n) is 38.1. The minimum Gasteiger partial charge on any atom is -0.466 e. The monoisotopic (exact) mass is 804 g/mol. The lowest BCUT2D eigenvalue weighted by molar-refractivity contribution is -0.143. The maximum atomic E-state index is 12.4. The molecule has 3 N–H and O–H groups in total. The van der Waals surface area contributed by atoms with E-state index in [0.717, 1.165) is 51.4 Å². The van der Waals surface area contributed by atoms with E-state index >= 15 is 0 Å². The third-order valence-corrected chi connectivity index (χ3v) is 11.5. The third kappa shape index (κ3) is 43.7. The Morgan fingerprint density at radius 2 is 0.912 bits per heavy atom. The van der Waals surface area contributed by atoms with Gasteiger partial charge in [0.15, 0.2) is 0 Å². The molecule has 0 aliphatic rings. The molecule has 0 rings (SSSR count). The van der Waals surface area contributed by atoms with Crippen molar-refractivity contribution < 1.29 is 24.5 Å². The van der Waals surface area contributed by atoms with Crippen LogP contribution in [0, 0.1) is 0 Å². The van der Waals surface area contributed by atoms with E-state index in [0.29, 0.717) is 25.9 Å². The first-order chi connectivity index (χ1) is 28.0. The largest absolute Gasteiger partial charge is 0.466 e. The number of hydrogen-bond acceptors (Lipinski definition) is 5. The number of aliphatic hydroxyl groups is 2. The topological polar surface area (TPSA) is 95.9 Å². The lowest BCUT2D eigenvalue weighted by atomic mass is 10.0. The molecule has 0 fully saturated rings. The van der Waals surface area contributed by atoms with Crippen molar-refractivity contribution in [2.24, 2.45) is 0 Å². The van der Waals surface area contributed by atoms with Crippen LogP contribution in [-0.2, 0) is 14.3 Å². The van der Waals surface area contributed by atoms with Gasteiger partial charge in [0, 0.05) is 12.8 Å². The van der Waals surface area contributed by atoms with E-state index < -0.39 is 12.1 Å². The Balaban J connectivity index is 3.41. The first kappa shape index (κ1) is 55.3. The van der Waals surface area contributed by atoms with Crippen LogP contribution in [0.4, 0.5) is 0 Å². The summed E-state index contributed by atoms with van der Waals surface area (Å²) < 4.78 is 5.45. The van der Waals surface area contributed by atoms with Crippen molar-refractivity contribution in [1.29, 1.82) is 0 Å². The number of allylic oxidation sites excluding steroid dienone is 4. The Labute approximate surface area is 354 Å². The molecule has 0 bridgehead atoms. The summed E-state index contributed by atoms with van der Waals surface area (Å²) in [4.78, 5) is 24.4. The van der Waals surface area contributed by atoms with Gasteiger partial charge in [0.25, 0.3) is 0 Å². The van der Waals surface area contributed by atoms with E-state index in [1.54, 1.807) is 0 Å². The van der Waals surface area contributed by atoms with Crippen molar-refractivity contribution in [3.05, 3.63) is 24.3 Å². The summed E-state index contributed by atoms with van der Waals surface area (Å²) in [5.41, 5.74) is 0. The van der Waals surface area contributed by atoms with Crippen molar-refractivity contribution in [3.63, 3.8) is 0 Å². The number of rotatable bonds is 46. The van der Waals surface area contributed by atoms with Crippen LogP contribution < -0.4 is 5.32 Å². The fourth-order valence-electron chi connectivity index (χ4n) is 7.62. The molecular weight excluding hydrogens is 707 g/mol. The van der Waals surface area contributed by atoms with Crippen molar-refractivity contribution in [2.45, 2.75) is 276 Å². The molecule has 0 aromatic heterocycles. The highest BCUT2D eigenvalue weighted by Gasteiger charge is 2.20. The average molecular weight is 804 g/mol. The van der Waals surface area contributed by atoms with Gasteiger partial charge < -0.3 is 20.3 Å². The second-order valence-electron chi connectivity index (χ2n) is 17.1. The number of nitrogens with one attached hydrogen (secondary N) is 1. The third-order valence-electron chi connectivity index (χ3n) is 11.5. The van der Waals surface area contributed by atoms with Gasteiger partial charge in [-0.15, -0.1) is 0 Å². The van der Waals surface area contributed by atoms with Crippen LogP contribution in [-0.4, -0.2) is 47.4 Å². The predicted octanol–water partition coefficient (Wildman–Crippen LogP) is 14.7. The highest BCUT2D eigenvalue weighted by atomic mass is 16.5. The van der Waals surface area contributed by atoms with Gasteiger partial charge in [-0.05, 0) is 51.4 Å². The van der Waals surface area contributed by atoms with Gasteiger partial charge in [-0.2, -0.15) is 0 Å². The maximum absolute atomic E-state index is 12.4. The summed E-state index contributed by atoms with van der Waals surface area (Å²) in [7, 11) is 0. The first-order valence-electron chi connectivity index (χ1n) is 25.1. The molecule has 1 amide bonds. The lowest BCUT2D eigenvalue weighted by Crippen LogP contribution is -2.45. The molecule has 0 spiro atoms. The van der Waals surface area contributed by atoms with Crippen LogP contribution in [0.2, 0.25) is 0 Å². The van der Waals surface area contributed by atoms with Gasteiger partial charge in [-0.1, -0.05) is 224 Å². The number of aliphatic hydroxyl groups excluding tert-OH is 2. The molecule has 0 aromatic carbocycles. The molecule has 0 heterocycles. The SMILES string of the molecule is CCC/C=C\C/C=C\CCCCCCCC(=O)OCCCCCCCCCCCCCCCCCCCC(=O)NC(CO)C(O)CCCCCCCCCCCC. The number of ether oxygens (including phenoxy) is 1. The number of carbonyl (C=O) groups is 2. The van der Waals surface area contributed by atoms with E-state index in [4.69, 9.17) is 4.74 Å². The van der Waals surface area contributed by atoms with E-state index in [9.17, 15) is 19.8 Å². The van der Waals surface area contributed by atoms with Gasteiger partial charge in [-0.25, -0.2) is 0 Å². The zero-order chi connectivity index (χ0) is 41.5. The summed E-state index contributed by atoms with van der Waals surface area (Å²) in [6.45, 7) is 4.85. The van der Waals surface area contributed by atoms with Gasteiger partial charge in [0.1, 0.15) is 0 Å². The van der Waals surface area contributed by atoms with E-state index in [1.165, 1.54) is 180 Å². The van der Waals surface area contributed by atoms with Crippen LogP contribution in [0.5, 0.6) is 0 Å². The Morgan fingerprint density at radius 3 is 1.40 bits per heavy atom. The van der Waals surface area contributed by atoms with E-state index in [2.05, 4.69) is 43.5 Å². The van der Waals surface area contributed by atoms with Crippen LogP contribution in [0.25, 0.3) is 0 Å². The fourth-order valence-corrected chi connectivity index (χ4v) is 7.62. The summed E-state index contributed by atoms with van der Waals surface area (Å²) in [5, 5.41) is 23.1. The first-order valence-corrected chi connectivity index (χ1v) is 25.1. The number of esters is 1. The van der Waals surface area contributed by atoms with Gasteiger partial charge in [0.2, 0.25) is 5.91 Å². The standard InChI is InChI=1S/C51H97NO5/c1-3-5-7-9-11-13-15-21-25-29-33-37-41-45-51(56)57-46-42-38-34-30-26-23-20-18-16-17-19-22-24-28-32-36-40-44-50(55)52-48(47-53)49(54)43-39-35-31-27-14-12-10-8-6-4-2/h7,9,13,15,48-49,53-54H,3-6,8,10-12,14,16-47H2,1-2H3,(H,52,55)/b9-7-,15-13-. The summed E-state index contributed by atoms with van der Waals surface area (Å²) in [6.07, 6.45) is 54.3. The molecule has 2 unspecified atom stereocenters. The van der Waals surface area contributed by atoms with Crippen molar-refractivity contribution in [2.75, 3.05) is 13.2 Å². The molecular formula is C51H97NO5. The summed E-state index contributed by atoms with van der Waals surface area (Å²) in [5.74, 6) is -0.0533. The van der Waals surface area contributed by atoms with Gasteiger partial charge in [0.05, 0.1) is 25.4 Å². The maximum Gasteiger partial charge on any atom is 0.305 e. The Hall–Kier alpha value is -1.66. The molecule has 2 atom stereocenters. The smallest absolute Gasteiger partial charge is 0.305 e. The molecule has 0 saturated carbocycles. The number of hydrogen-bond donors (Lipinski definition) is 3. The molecule has 6 nitrogen and oxygen atoms in total. The second kappa shape index (κ2) is 47.0. The average Bonchev–Trinajstić information content (AvgIpc) is 3.21. The Bertz CT molecular complexity index is 889. The van der Waals surface area contributed by atoms with E-state index in [-0.39, 0.29) is 18.5 Å². The van der Waals surface area contributed by atoms with Gasteiger partial charge >= 0.3 is 5.97 Å². The summed E-state index contributed by atoms with van der Waals surface area (Å²) in [6, 6.07) is -0.543. The lowest BCUT2D eigenvalue weighted by Gasteiger charge is -2.22. The molecule has 57 heavy (non-hydrogen) atoms. The van der Waals surface area contributed by atoms with E-state index in [1.807, 2.05) is 0 Å². The van der Waals surface area contributed by atoms with Crippen molar-refractivity contribution >= 4 is 11.9 Å².